The van der Waals surface area contributed by atoms with Gasteiger partial charge in [-0.2, -0.15) is 0 Å². The third-order valence-electron chi connectivity index (χ3n) is 7.59. The van der Waals surface area contributed by atoms with Crippen LogP contribution in [0.15, 0.2) is 36.9 Å². The molecule has 198 valence electrons. The first kappa shape index (κ1) is 30.0. The van der Waals surface area contributed by atoms with Gasteiger partial charge in [0.25, 0.3) is 0 Å². The number of hydrogen-bond acceptors (Lipinski definition) is 6. The molecule has 1 N–H and O–H groups in total. The maximum absolute atomic E-state index is 12.0. The van der Waals surface area contributed by atoms with Crippen molar-refractivity contribution in [2.24, 2.45) is 0 Å². The van der Waals surface area contributed by atoms with Crippen molar-refractivity contribution in [2.75, 3.05) is 23.0 Å². The van der Waals surface area contributed by atoms with Crippen molar-refractivity contribution in [3.8, 4) is 0 Å². The zero-order valence-corrected chi connectivity index (χ0v) is 26.9. The van der Waals surface area contributed by atoms with E-state index in [0.717, 1.165) is 36.3 Å². The lowest BCUT2D eigenvalue weighted by molar-refractivity contribution is 0.108. The highest BCUT2D eigenvalue weighted by molar-refractivity contribution is 8.19. The SMILES string of the molecule is C=CCc1ccccc1[C@@H](O)C1(C[C@@H](CC2(C)SCCCS2)O[Si](C)(C)C(C)(C)C)SCCCS1. The fourth-order valence-corrected chi connectivity index (χ4v) is 12.5. The third kappa shape index (κ3) is 7.76. The maximum Gasteiger partial charge on any atom is 0.192 e. The summed E-state index contributed by atoms with van der Waals surface area (Å²) in [7, 11) is -1.97. The number of aliphatic hydroxyl groups is 1. The predicted octanol–water partition coefficient (Wildman–Crippen LogP) is 8.77. The number of rotatable bonds is 10. The monoisotopic (exact) mass is 570 g/mol. The highest BCUT2D eigenvalue weighted by atomic mass is 32.2. The second-order valence-electron chi connectivity index (χ2n) is 11.5. The number of aliphatic hydroxyl groups excluding tert-OH is 1. The van der Waals surface area contributed by atoms with E-state index in [2.05, 4.69) is 95.2 Å². The Bertz CT molecular complexity index is 826. The molecule has 2 nitrogen and oxygen atoms in total. The predicted molar refractivity (Wildman–Crippen MR) is 167 cm³/mol. The van der Waals surface area contributed by atoms with E-state index in [-0.39, 0.29) is 19.3 Å². The van der Waals surface area contributed by atoms with Crippen molar-refractivity contribution in [1.82, 2.24) is 0 Å². The summed E-state index contributed by atoms with van der Waals surface area (Å²) in [6.07, 6.45) is 6.77. The fourth-order valence-electron chi connectivity index (χ4n) is 4.63. The maximum atomic E-state index is 12.0. The van der Waals surface area contributed by atoms with Crippen LogP contribution < -0.4 is 0 Å². The van der Waals surface area contributed by atoms with Gasteiger partial charge in [-0.15, -0.1) is 53.6 Å². The molecule has 0 saturated carbocycles. The Kier molecular flexibility index (Phi) is 10.8. The minimum atomic E-state index is -1.97. The molecule has 0 aliphatic carbocycles. The summed E-state index contributed by atoms with van der Waals surface area (Å²) < 4.78 is 7.11. The van der Waals surface area contributed by atoms with E-state index in [1.165, 1.54) is 29.9 Å². The molecule has 2 atom stereocenters. The van der Waals surface area contributed by atoms with Crippen LogP contribution in [0.4, 0.5) is 0 Å². The second kappa shape index (κ2) is 12.6. The van der Waals surface area contributed by atoms with E-state index in [1.807, 2.05) is 29.6 Å². The quantitative estimate of drug-likeness (QED) is 0.223. The number of hydrogen-bond donors (Lipinski definition) is 1. The number of allylic oxidation sites excluding steroid dienone is 1. The van der Waals surface area contributed by atoms with Crippen LogP contribution in [0, 0.1) is 0 Å². The molecule has 2 heterocycles. The van der Waals surface area contributed by atoms with E-state index in [0.29, 0.717) is 0 Å². The fraction of sp³-hybridized carbons (Fsp3) is 0.714. The minimum absolute atomic E-state index is 0.137. The first-order valence-corrected chi connectivity index (χ1v) is 19.9. The summed E-state index contributed by atoms with van der Waals surface area (Å²) in [5.74, 6) is 4.67. The molecule has 0 bridgehead atoms. The number of benzene rings is 1. The smallest absolute Gasteiger partial charge is 0.192 e. The molecule has 2 saturated heterocycles. The van der Waals surface area contributed by atoms with Gasteiger partial charge in [-0.25, -0.2) is 0 Å². The van der Waals surface area contributed by atoms with Gasteiger partial charge < -0.3 is 9.53 Å². The topological polar surface area (TPSA) is 29.5 Å². The van der Waals surface area contributed by atoms with Gasteiger partial charge >= 0.3 is 0 Å². The molecule has 7 heteroatoms. The molecule has 1 aromatic rings. The summed E-state index contributed by atoms with van der Waals surface area (Å²) >= 11 is 8.17. The number of thioether (sulfide) groups is 4. The van der Waals surface area contributed by atoms with Crippen LogP contribution in [0.2, 0.25) is 18.1 Å². The van der Waals surface area contributed by atoms with Crippen LogP contribution in [-0.4, -0.2) is 50.7 Å². The third-order valence-corrected chi connectivity index (χ3v) is 18.8. The Morgan fingerprint density at radius 3 is 2.17 bits per heavy atom. The van der Waals surface area contributed by atoms with E-state index >= 15 is 0 Å². The van der Waals surface area contributed by atoms with Crippen molar-refractivity contribution >= 4 is 55.4 Å². The van der Waals surface area contributed by atoms with Gasteiger partial charge in [-0.05, 0) is 91.3 Å². The second-order valence-corrected chi connectivity index (χ2v) is 22.9. The van der Waals surface area contributed by atoms with Crippen molar-refractivity contribution < 1.29 is 9.53 Å². The van der Waals surface area contributed by atoms with Gasteiger partial charge in [-0.1, -0.05) is 51.1 Å². The van der Waals surface area contributed by atoms with Crippen LogP contribution in [0.1, 0.15) is 70.6 Å². The van der Waals surface area contributed by atoms with Gasteiger partial charge in [0.05, 0.1) is 8.16 Å². The molecule has 0 aromatic heterocycles. The zero-order valence-electron chi connectivity index (χ0n) is 22.6. The first-order valence-electron chi connectivity index (χ1n) is 13.0. The highest BCUT2D eigenvalue weighted by Gasteiger charge is 2.48. The summed E-state index contributed by atoms with van der Waals surface area (Å²) in [5.41, 5.74) is 2.25. The standard InChI is InChI=1S/C28H46O2S4Si/c1-8-13-22-14-9-10-15-24(22)25(29)28(33-18-12-19-34-28)21-23(30-35(6,7)26(2,3)4)20-27(5)31-16-11-17-32-27/h8-10,14-15,23,25,29H,1,11-13,16-21H2,2-7H3/t23-,25-/m1/s1. The van der Waals surface area contributed by atoms with Gasteiger partial charge in [0.2, 0.25) is 0 Å². The van der Waals surface area contributed by atoms with E-state index in [4.69, 9.17) is 4.43 Å². The van der Waals surface area contributed by atoms with Crippen molar-refractivity contribution in [2.45, 2.75) is 98.3 Å². The molecule has 0 spiro atoms. The van der Waals surface area contributed by atoms with Crippen LogP contribution in [0.5, 0.6) is 0 Å². The first-order chi connectivity index (χ1) is 16.4. The van der Waals surface area contributed by atoms with Gasteiger partial charge in [-0.3, -0.25) is 0 Å². The Morgan fingerprint density at radius 2 is 1.60 bits per heavy atom. The summed E-state index contributed by atoms with van der Waals surface area (Å²) in [4.78, 5) is 0. The normalized spacial score (nSPS) is 22.4. The molecule has 0 unspecified atom stereocenters. The molecule has 35 heavy (non-hydrogen) atoms. The highest BCUT2D eigenvalue weighted by Crippen LogP contribution is 2.56. The van der Waals surface area contributed by atoms with Crippen LogP contribution in [0.25, 0.3) is 0 Å². The minimum Gasteiger partial charge on any atom is -0.414 e. The van der Waals surface area contributed by atoms with Crippen molar-refractivity contribution in [1.29, 1.82) is 0 Å². The lowest BCUT2D eigenvalue weighted by atomic mass is 9.94. The average Bonchev–Trinajstić information content (AvgIpc) is 2.79. The summed E-state index contributed by atoms with van der Waals surface area (Å²) in [6.45, 7) is 18.2. The molecule has 0 radical (unpaired) electrons. The molecule has 3 rings (SSSR count). The van der Waals surface area contributed by atoms with E-state index < -0.39 is 14.4 Å². The van der Waals surface area contributed by atoms with Gasteiger partial charge in [0.1, 0.15) is 6.10 Å². The molecular weight excluding hydrogens is 525 g/mol. The van der Waals surface area contributed by atoms with Gasteiger partial charge in [0.15, 0.2) is 8.32 Å². The molecule has 2 aliphatic rings. The van der Waals surface area contributed by atoms with Crippen molar-refractivity contribution in [3.63, 3.8) is 0 Å². The lowest BCUT2D eigenvalue weighted by Crippen LogP contribution is -2.48. The summed E-state index contributed by atoms with van der Waals surface area (Å²) in [5, 5.41) is 12.2. The molecule has 2 aliphatic heterocycles. The summed E-state index contributed by atoms with van der Waals surface area (Å²) in [6, 6.07) is 8.41. The lowest BCUT2D eigenvalue weighted by Gasteiger charge is -2.47. The van der Waals surface area contributed by atoms with Crippen molar-refractivity contribution in [3.05, 3.63) is 48.0 Å². The largest absolute Gasteiger partial charge is 0.414 e. The van der Waals surface area contributed by atoms with Gasteiger partial charge in [0, 0.05) is 6.10 Å². The molecule has 2 fully saturated rings. The molecule has 1 aromatic carbocycles. The Hall–Kier alpha value is 0.497. The van der Waals surface area contributed by atoms with E-state index in [9.17, 15) is 5.11 Å². The Labute approximate surface area is 233 Å². The Balaban J connectivity index is 1.96. The Morgan fingerprint density at radius 1 is 1.03 bits per heavy atom. The average molecular weight is 571 g/mol. The molecular formula is C28H46O2S4Si. The molecule has 0 amide bonds. The van der Waals surface area contributed by atoms with Crippen LogP contribution in [0.3, 0.4) is 0 Å². The van der Waals surface area contributed by atoms with Crippen LogP contribution >= 0.6 is 47.0 Å². The zero-order chi connectivity index (χ0) is 25.7. The van der Waals surface area contributed by atoms with E-state index in [1.54, 1.807) is 0 Å². The van der Waals surface area contributed by atoms with Crippen LogP contribution in [-0.2, 0) is 10.8 Å².